The van der Waals surface area contributed by atoms with Crippen LogP contribution in [0.3, 0.4) is 0 Å². The highest BCUT2D eigenvalue weighted by atomic mass is 35.5. The fourth-order valence-corrected chi connectivity index (χ4v) is 3.30. The Labute approximate surface area is 160 Å². The lowest BCUT2D eigenvalue weighted by Crippen LogP contribution is -2.14. The predicted octanol–water partition coefficient (Wildman–Crippen LogP) is 4.66. The second kappa shape index (κ2) is 6.94. The molecule has 0 bridgehead atoms. The van der Waals surface area contributed by atoms with Crippen LogP contribution in [-0.2, 0) is 6.54 Å². The van der Waals surface area contributed by atoms with E-state index in [1.165, 1.54) is 0 Å². The van der Waals surface area contributed by atoms with Crippen molar-refractivity contribution < 1.29 is 0 Å². The van der Waals surface area contributed by atoms with Gasteiger partial charge in [-0.05, 0) is 36.8 Å². The Balaban J connectivity index is 1.82. The van der Waals surface area contributed by atoms with Crippen molar-refractivity contribution in [1.82, 2.24) is 19.5 Å². The summed E-state index contributed by atoms with van der Waals surface area (Å²) >= 11 is 12.6. The molecule has 2 aromatic carbocycles. The van der Waals surface area contributed by atoms with E-state index in [1.807, 2.05) is 54.0 Å². The molecule has 2 heterocycles. The Morgan fingerprint density at radius 1 is 1.08 bits per heavy atom. The van der Waals surface area contributed by atoms with Crippen molar-refractivity contribution in [2.24, 2.45) is 4.99 Å². The Kier molecular flexibility index (Phi) is 4.49. The summed E-state index contributed by atoms with van der Waals surface area (Å²) in [7, 11) is 0. The highest BCUT2D eigenvalue weighted by molar-refractivity contribution is 6.36. The van der Waals surface area contributed by atoms with Crippen LogP contribution in [0.5, 0.6) is 0 Å². The van der Waals surface area contributed by atoms with E-state index in [1.54, 1.807) is 12.7 Å². The number of nitrogens with one attached hydrogen (secondary N) is 1. The molecule has 0 fully saturated rings. The average molecular weight is 384 g/mol. The first-order chi connectivity index (χ1) is 12.6. The lowest BCUT2D eigenvalue weighted by atomic mass is 10.2. The topological polar surface area (TPSA) is 58.9 Å². The van der Waals surface area contributed by atoms with Gasteiger partial charge in [-0.15, -0.1) is 0 Å². The molecule has 0 unspecified atom stereocenters. The molecule has 0 saturated carbocycles. The predicted molar refractivity (Wildman–Crippen MR) is 104 cm³/mol. The Morgan fingerprint density at radius 3 is 2.62 bits per heavy atom. The van der Waals surface area contributed by atoms with Gasteiger partial charge in [0.1, 0.15) is 5.52 Å². The standard InChI is InChI=1S/C19H15Cl2N5/c1-12-4-2-5-13(8-12)25-18-17-19(23-10-22-17)26(11-24-18)9-14-15(20)6-3-7-16(14)21/h2-8,10-11H,9H2,1H3,(H,22,23). The molecular weight excluding hydrogens is 369 g/mol. The van der Waals surface area contributed by atoms with E-state index in [4.69, 9.17) is 23.2 Å². The van der Waals surface area contributed by atoms with E-state index in [9.17, 15) is 0 Å². The lowest BCUT2D eigenvalue weighted by Gasteiger charge is -2.10. The van der Waals surface area contributed by atoms with Crippen molar-refractivity contribution in [2.75, 3.05) is 0 Å². The first kappa shape index (κ1) is 16.8. The van der Waals surface area contributed by atoms with Crippen molar-refractivity contribution in [3.8, 4) is 0 Å². The van der Waals surface area contributed by atoms with Gasteiger partial charge in [-0.1, -0.05) is 41.4 Å². The van der Waals surface area contributed by atoms with Gasteiger partial charge in [0.25, 0.3) is 0 Å². The van der Waals surface area contributed by atoms with Crippen molar-refractivity contribution in [2.45, 2.75) is 13.5 Å². The third-order valence-corrected chi connectivity index (χ3v) is 4.77. The largest absolute Gasteiger partial charge is 0.340 e. The quantitative estimate of drug-likeness (QED) is 0.559. The summed E-state index contributed by atoms with van der Waals surface area (Å²) in [4.78, 5) is 16.7. The maximum Gasteiger partial charge on any atom is 0.181 e. The molecule has 4 aromatic rings. The minimum atomic E-state index is 0.470. The first-order valence-corrected chi connectivity index (χ1v) is 8.80. The maximum atomic E-state index is 6.29. The summed E-state index contributed by atoms with van der Waals surface area (Å²) in [5.41, 5.74) is 4.91. The van der Waals surface area contributed by atoms with Crippen LogP contribution in [0.1, 0.15) is 11.1 Å². The molecule has 0 amide bonds. The number of aromatic nitrogens is 4. The van der Waals surface area contributed by atoms with Crippen LogP contribution in [0.4, 0.5) is 5.69 Å². The summed E-state index contributed by atoms with van der Waals surface area (Å²) in [5.74, 6) is 0. The summed E-state index contributed by atoms with van der Waals surface area (Å²) in [6.45, 7) is 2.50. The Morgan fingerprint density at radius 2 is 1.85 bits per heavy atom. The zero-order valence-corrected chi connectivity index (χ0v) is 15.5. The number of aryl methyl sites for hydroxylation is 1. The summed E-state index contributed by atoms with van der Waals surface area (Å²) in [5, 5.41) is 1.23. The molecule has 0 aliphatic heterocycles. The molecule has 0 aliphatic carbocycles. The van der Waals surface area contributed by atoms with Crippen molar-refractivity contribution in [3.63, 3.8) is 0 Å². The number of hydrogen-bond acceptors (Lipinski definition) is 3. The Bertz CT molecular complexity index is 1140. The molecule has 0 aliphatic rings. The monoisotopic (exact) mass is 383 g/mol. The molecule has 0 spiro atoms. The van der Waals surface area contributed by atoms with Crippen LogP contribution in [0.2, 0.25) is 10.0 Å². The van der Waals surface area contributed by atoms with Crippen LogP contribution in [0.25, 0.3) is 11.2 Å². The highest BCUT2D eigenvalue weighted by Crippen LogP contribution is 2.25. The minimum absolute atomic E-state index is 0.470. The number of benzene rings is 2. The number of imidazole rings is 1. The van der Waals surface area contributed by atoms with E-state index >= 15 is 0 Å². The zero-order valence-electron chi connectivity index (χ0n) is 13.9. The van der Waals surface area contributed by atoms with Crippen molar-refractivity contribution in [1.29, 1.82) is 0 Å². The van der Waals surface area contributed by atoms with Gasteiger partial charge in [0.05, 0.1) is 24.9 Å². The molecule has 4 rings (SSSR count). The SMILES string of the molecule is Cc1cccc(N=c2ncn(Cc3c(Cl)cccc3Cl)c3nc[nH]c23)c1. The summed E-state index contributed by atoms with van der Waals surface area (Å²) < 4.78 is 1.90. The smallest absolute Gasteiger partial charge is 0.181 e. The van der Waals surface area contributed by atoms with Gasteiger partial charge < -0.3 is 9.55 Å². The second-order valence-electron chi connectivity index (χ2n) is 5.95. The third kappa shape index (κ3) is 3.23. The van der Waals surface area contributed by atoms with Crippen molar-refractivity contribution >= 4 is 40.1 Å². The number of aromatic amines is 1. The van der Waals surface area contributed by atoms with E-state index in [0.717, 1.165) is 28.0 Å². The number of halogens is 2. The van der Waals surface area contributed by atoms with Gasteiger partial charge >= 0.3 is 0 Å². The molecule has 7 heteroatoms. The van der Waals surface area contributed by atoms with Gasteiger partial charge in [-0.3, -0.25) is 0 Å². The van der Waals surface area contributed by atoms with Gasteiger partial charge in [-0.2, -0.15) is 0 Å². The van der Waals surface area contributed by atoms with Gasteiger partial charge in [0, 0.05) is 15.6 Å². The third-order valence-electron chi connectivity index (χ3n) is 4.06. The zero-order chi connectivity index (χ0) is 18.1. The van der Waals surface area contributed by atoms with E-state index in [0.29, 0.717) is 22.1 Å². The second-order valence-corrected chi connectivity index (χ2v) is 6.76. The van der Waals surface area contributed by atoms with Crippen LogP contribution >= 0.6 is 23.2 Å². The number of fused-ring (bicyclic) bond motifs is 1. The fraction of sp³-hybridized carbons (Fsp3) is 0.105. The minimum Gasteiger partial charge on any atom is -0.340 e. The van der Waals surface area contributed by atoms with Crippen LogP contribution in [-0.4, -0.2) is 19.5 Å². The molecule has 130 valence electrons. The molecule has 0 saturated heterocycles. The average Bonchev–Trinajstić information content (AvgIpc) is 3.10. The molecule has 2 aromatic heterocycles. The first-order valence-electron chi connectivity index (χ1n) is 8.04. The van der Waals surface area contributed by atoms with Gasteiger partial charge in [-0.25, -0.2) is 15.0 Å². The highest BCUT2D eigenvalue weighted by Gasteiger charge is 2.10. The molecule has 1 N–H and O–H groups in total. The van der Waals surface area contributed by atoms with Gasteiger partial charge in [0.15, 0.2) is 11.1 Å². The summed E-state index contributed by atoms with van der Waals surface area (Å²) in [6, 6.07) is 13.4. The van der Waals surface area contributed by atoms with Crippen LogP contribution < -0.4 is 5.49 Å². The maximum absolute atomic E-state index is 6.29. The number of H-pyrrole nitrogens is 1. The van der Waals surface area contributed by atoms with E-state index in [-0.39, 0.29) is 0 Å². The number of nitrogens with zero attached hydrogens (tertiary/aromatic N) is 4. The Hall–Kier alpha value is -2.63. The number of rotatable bonds is 3. The van der Waals surface area contributed by atoms with Gasteiger partial charge in [0.2, 0.25) is 0 Å². The number of hydrogen-bond donors (Lipinski definition) is 1. The lowest BCUT2D eigenvalue weighted by molar-refractivity contribution is 0.786. The molecule has 0 atom stereocenters. The molecule has 5 nitrogen and oxygen atoms in total. The normalized spacial score (nSPS) is 12.0. The van der Waals surface area contributed by atoms with E-state index in [2.05, 4.69) is 19.9 Å². The molecule has 0 radical (unpaired) electrons. The van der Waals surface area contributed by atoms with Crippen LogP contribution in [0.15, 0.2) is 60.1 Å². The molecule has 26 heavy (non-hydrogen) atoms. The van der Waals surface area contributed by atoms with Crippen molar-refractivity contribution in [3.05, 3.63) is 81.8 Å². The molecular formula is C19H15Cl2N5. The van der Waals surface area contributed by atoms with Crippen LogP contribution in [0, 0.1) is 6.92 Å². The summed E-state index contributed by atoms with van der Waals surface area (Å²) in [6.07, 6.45) is 3.34. The van der Waals surface area contributed by atoms with E-state index < -0.39 is 0 Å². The fourth-order valence-electron chi connectivity index (χ4n) is 2.79.